The van der Waals surface area contributed by atoms with Gasteiger partial charge in [0.05, 0.1) is 5.52 Å². The summed E-state index contributed by atoms with van der Waals surface area (Å²) in [5.41, 5.74) is 1.70. The van der Waals surface area contributed by atoms with Crippen LogP contribution in [0.1, 0.15) is 84.6 Å². The summed E-state index contributed by atoms with van der Waals surface area (Å²) in [5.74, 6) is 0. The summed E-state index contributed by atoms with van der Waals surface area (Å²) in [6.07, 6.45) is 13.2. The molecule has 1 aromatic carbocycles. The molecule has 0 saturated carbocycles. The summed E-state index contributed by atoms with van der Waals surface area (Å²) in [4.78, 5) is 12.5. The smallest absolute Gasteiger partial charge is 0.419 e. The number of hydrogen-bond acceptors (Lipinski definition) is 2. The zero-order valence-electron chi connectivity index (χ0n) is 17.0. The van der Waals surface area contributed by atoms with E-state index in [1.807, 2.05) is 45.2 Å². The Morgan fingerprint density at radius 3 is 2.23 bits per heavy atom. The summed E-state index contributed by atoms with van der Waals surface area (Å²) >= 11 is 0. The van der Waals surface area contributed by atoms with Crippen LogP contribution < -0.4 is 0 Å². The lowest BCUT2D eigenvalue weighted by Gasteiger charge is -2.19. The average Bonchev–Trinajstić information content (AvgIpc) is 2.95. The average molecular weight is 358 g/mol. The number of carbonyl (C=O) groups excluding carboxylic acids is 1. The van der Waals surface area contributed by atoms with Gasteiger partial charge in [0.2, 0.25) is 0 Å². The second-order valence-electron chi connectivity index (χ2n) is 8.25. The zero-order valence-corrected chi connectivity index (χ0v) is 17.0. The number of nitrogens with zero attached hydrogens (tertiary/aromatic N) is 1. The first kappa shape index (κ1) is 20.5. The molecule has 3 nitrogen and oxygen atoms in total. The summed E-state index contributed by atoms with van der Waals surface area (Å²) in [6.45, 7) is 7.96. The SMILES string of the molecule is CCCCCCCCCCc1cn(C(=O)OC(C)(C)C)c2ccccc12. The summed E-state index contributed by atoms with van der Waals surface area (Å²) < 4.78 is 7.23. The van der Waals surface area contributed by atoms with Gasteiger partial charge in [0.1, 0.15) is 5.60 Å². The van der Waals surface area contributed by atoms with Gasteiger partial charge < -0.3 is 4.74 Å². The number of unbranched alkanes of at least 4 members (excludes halogenated alkanes) is 7. The molecule has 0 aliphatic heterocycles. The topological polar surface area (TPSA) is 31.2 Å². The number of fused-ring (bicyclic) bond motifs is 1. The van der Waals surface area contributed by atoms with Crippen molar-refractivity contribution in [3.05, 3.63) is 36.0 Å². The van der Waals surface area contributed by atoms with Crippen molar-refractivity contribution >= 4 is 17.0 Å². The molecule has 0 unspecified atom stereocenters. The van der Waals surface area contributed by atoms with Crippen LogP contribution in [0.15, 0.2) is 30.5 Å². The molecule has 1 aromatic heterocycles. The maximum absolute atomic E-state index is 12.5. The Balaban J connectivity index is 1.95. The molecule has 2 rings (SSSR count). The number of aryl methyl sites for hydroxylation is 1. The molecule has 3 heteroatoms. The summed E-state index contributed by atoms with van der Waals surface area (Å²) in [7, 11) is 0. The predicted octanol–water partition coefficient (Wildman–Crippen LogP) is 7.11. The van der Waals surface area contributed by atoms with Crippen LogP contribution in [0, 0.1) is 0 Å². The van der Waals surface area contributed by atoms with Gasteiger partial charge in [-0.15, -0.1) is 0 Å². The summed E-state index contributed by atoms with van der Waals surface area (Å²) in [5, 5.41) is 1.17. The minimum Gasteiger partial charge on any atom is -0.443 e. The van der Waals surface area contributed by atoms with E-state index in [4.69, 9.17) is 4.74 Å². The highest BCUT2D eigenvalue weighted by Gasteiger charge is 2.20. The van der Waals surface area contributed by atoms with Crippen LogP contribution in [0.5, 0.6) is 0 Å². The maximum Gasteiger partial charge on any atom is 0.419 e. The Morgan fingerprint density at radius 2 is 1.58 bits per heavy atom. The number of aromatic nitrogens is 1. The lowest BCUT2D eigenvalue weighted by molar-refractivity contribution is 0.0544. The molecule has 26 heavy (non-hydrogen) atoms. The van der Waals surface area contributed by atoms with Gasteiger partial charge in [-0.2, -0.15) is 0 Å². The quantitative estimate of drug-likeness (QED) is 0.448. The second-order valence-corrected chi connectivity index (χ2v) is 8.25. The van der Waals surface area contributed by atoms with E-state index in [2.05, 4.69) is 13.0 Å². The Hall–Kier alpha value is -1.77. The molecule has 0 fully saturated rings. The Labute approximate surface area is 158 Å². The Bertz CT molecular complexity index is 694. The van der Waals surface area contributed by atoms with E-state index < -0.39 is 5.60 Å². The van der Waals surface area contributed by atoms with E-state index in [9.17, 15) is 4.79 Å². The van der Waals surface area contributed by atoms with Crippen molar-refractivity contribution in [3.63, 3.8) is 0 Å². The highest BCUT2D eigenvalue weighted by Crippen LogP contribution is 2.24. The van der Waals surface area contributed by atoms with Gasteiger partial charge in [0.15, 0.2) is 0 Å². The van der Waals surface area contributed by atoms with Crippen molar-refractivity contribution in [2.75, 3.05) is 0 Å². The molecule has 0 radical (unpaired) electrons. The molecule has 0 amide bonds. The summed E-state index contributed by atoms with van der Waals surface area (Å²) in [6, 6.07) is 8.12. The van der Waals surface area contributed by atoms with Crippen LogP contribution >= 0.6 is 0 Å². The fraction of sp³-hybridized carbons (Fsp3) is 0.609. The minimum atomic E-state index is -0.486. The van der Waals surface area contributed by atoms with Crippen LogP contribution in [-0.4, -0.2) is 16.3 Å². The van der Waals surface area contributed by atoms with Crippen LogP contribution in [0.25, 0.3) is 10.9 Å². The van der Waals surface area contributed by atoms with Crippen LogP contribution in [0.4, 0.5) is 4.79 Å². The highest BCUT2D eigenvalue weighted by molar-refractivity contribution is 5.92. The fourth-order valence-electron chi connectivity index (χ4n) is 3.36. The van der Waals surface area contributed by atoms with Gasteiger partial charge in [0, 0.05) is 11.6 Å². The van der Waals surface area contributed by atoms with E-state index in [1.165, 1.54) is 62.3 Å². The molecular weight excluding hydrogens is 322 g/mol. The Morgan fingerprint density at radius 1 is 0.962 bits per heavy atom. The second kappa shape index (κ2) is 9.80. The number of rotatable bonds is 9. The molecule has 0 saturated heterocycles. The molecule has 0 atom stereocenters. The normalized spacial score (nSPS) is 11.8. The van der Waals surface area contributed by atoms with E-state index in [0.717, 1.165) is 11.9 Å². The van der Waals surface area contributed by atoms with E-state index in [-0.39, 0.29) is 6.09 Å². The third-order valence-corrected chi connectivity index (χ3v) is 4.68. The first-order chi connectivity index (χ1) is 12.4. The van der Waals surface area contributed by atoms with Gasteiger partial charge in [-0.05, 0) is 45.2 Å². The minimum absolute atomic E-state index is 0.295. The van der Waals surface area contributed by atoms with Crippen molar-refractivity contribution in [2.24, 2.45) is 0 Å². The third-order valence-electron chi connectivity index (χ3n) is 4.68. The number of carbonyl (C=O) groups is 1. The monoisotopic (exact) mass is 357 g/mol. The Kier molecular flexibility index (Phi) is 7.74. The molecular formula is C23H35NO2. The van der Waals surface area contributed by atoms with Gasteiger partial charge in [-0.25, -0.2) is 4.79 Å². The molecule has 0 N–H and O–H groups in total. The maximum atomic E-state index is 12.5. The molecule has 0 bridgehead atoms. The van der Waals surface area contributed by atoms with Gasteiger partial charge in [-0.3, -0.25) is 4.57 Å². The van der Waals surface area contributed by atoms with Crippen LogP contribution in [-0.2, 0) is 11.2 Å². The molecule has 0 aliphatic carbocycles. The van der Waals surface area contributed by atoms with E-state index in [1.54, 1.807) is 4.57 Å². The molecule has 0 spiro atoms. The first-order valence-corrected chi connectivity index (χ1v) is 10.2. The fourth-order valence-corrected chi connectivity index (χ4v) is 3.36. The largest absolute Gasteiger partial charge is 0.443 e. The van der Waals surface area contributed by atoms with Crippen LogP contribution in [0.2, 0.25) is 0 Å². The standard InChI is InChI=1S/C23H35NO2/c1-5-6-7-8-9-10-11-12-15-19-18-24(22(25)26-23(2,3)4)21-17-14-13-16-20(19)21/h13-14,16-18H,5-12,15H2,1-4H3. The van der Waals surface area contributed by atoms with Crippen molar-refractivity contribution in [1.29, 1.82) is 0 Å². The van der Waals surface area contributed by atoms with Crippen LogP contribution in [0.3, 0.4) is 0 Å². The molecule has 2 aromatic rings. The van der Waals surface area contributed by atoms with Gasteiger partial charge in [-0.1, -0.05) is 70.1 Å². The molecule has 0 aliphatic rings. The number of benzene rings is 1. The molecule has 144 valence electrons. The zero-order chi connectivity index (χ0) is 19.0. The lowest BCUT2D eigenvalue weighted by Crippen LogP contribution is -2.26. The lowest BCUT2D eigenvalue weighted by atomic mass is 10.0. The first-order valence-electron chi connectivity index (χ1n) is 10.2. The number of hydrogen-bond donors (Lipinski definition) is 0. The molecule has 1 heterocycles. The van der Waals surface area contributed by atoms with Crippen molar-refractivity contribution < 1.29 is 9.53 Å². The number of ether oxygens (including phenoxy) is 1. The predicted molar refractivity (Wildman–Crippen MR) is 110 cm³/mol. The third kappa shape index (κ3) is 6.19. The van der Waals surface area contributed by atoms with E-state index in [0.29, 0.717) is 0 Å². The van der Waals surface area contributed by atoms with E-state index >= 15 is 0 Å². The van der Waals surface area contributed by atoms with Crippen molar-refractivity contribution in [1.82, 2.24) is 4.57 Å². The highest BCUT2D eigenvalue weighted by atomic mass is 16.6. The van der Waals surface area contributed by atoms with Gasteiger partial charge in [0.25, 0.3) is 0 Å². The van der Waals surface area contributed by atoms with Crippen molar-refractivity contribution in [3.8, 4) is 0 Å². The van der Waals surface area contributed by atoms with Gasteiger partial charge >= 0.3 is 6.09 Å². The van der Waals surface area contributed by atoms with Crippen molar-refractivity contribution in [2.45, 2.75) is 91.1 Å². The number of para-hydroxylation sites is 1.